The summed E-state index contributed by atoms with van der Waals surface area (Å²) < 4.78 is 0. The van der Waals surface area contributed by atoms with E-state index in [0.717, 1.165) is 18.2 Å². The summed E-state index contributed by atoms with van der Waals surface area (Å²) in [5.41, 5.74) is -0.0780. The molecule has 1 unspecified atom stereocenters. The van der Waals surface area contributed by atoms with Crippen molar-refractivity contribution in [2.75, 3.05) is 6.54 Å². The van der Waals surface area contributed by atoms with E-state index in [1.165, 1.54) is 23.2 Å². The fourth-order valence-electron chi connectivity index (χ4n) is 1.74. The van der Waals surface area contributed by atoms with Gasteiger partial charge in [0.25, 0.3) is 0 Å². The molecule has 0 aromatic carbocycles. The third-order valence-corrected chi connectivity index (χ3v) is 4.90. The molecule has 0 aliphatic rings. The number of carbonyl (C=O) groups is 1. The van der Waals surface area contributed by atoms with Gasteiger partial charge < -0.3 is 5.32 Å². The first kappa shape index (κ1) is 16.4. The molecule has 2 rings (SSSR count). The lowest BCUT2D eigenvalue weighted by atomic mass is 10.3. The Balaban J connectivity index is 1.87. The molecule has 0 saturated heterocycles. The van der Waals surface area contributed by atoms with Crippen molar-refractivity contribution in [2.24, 2.45) is 0 Å². The van der Waals surface area contributed by atoms with E-state index >= 15 is 0 Å². The van der Waals surface area contributed by atoms with Crippen LogP contribution in [0, 0.1) is 10.1 Å². The molecule has 6 nitrogen and oxygen atoms in total. The van der Waals surface area contributed by atoms with Crippen LogP contribution in [0.4, 0.5) is 5.69 Å². The molecular weight excluding hydrogens is 322 g/mol. The number of hydrogen-bond acceptors (Lipinski definition) is 6. The zero-order valence-corrected chi connectivity index (χ0v) is 13.5. The average molecular weight is 337 g/mol. The maximum absolute atomic E-state index is 12.0. The van der Waals surface area contributed by atoms with Crippen LogP contribution < -0.4 is 5.32 Å². The summed E-state index contributed by atoms with van der Waals surface area (Å²) >= 11 is 2.74. The van der Waals surface area contributed by atoms with Crippen molar-refractivity contribution in [1.82, 2.24) is 10.3 Å². The van der Waals surface area contributed by atoms with E-state index in [0.29, 0.717) is 6.54 Å². The van der Waals surface area contributed by atoms with Crippen LogP contribution in [-0.4, -0.2) is 27.6 Å². The molecule has 0 saturated carbocycles. The van der Waals surface area contributed by atoms with Gasteiger partial charge in [-0.25, -0.2) is 4.98 Å². The Hall–Kier alpha value is -1.93. The van der Waals surface area contributed by atoms with Crippen LogP contribution in [0.3, 0.4) is 0 Å². The number of nitrogens with one attached hydrogen (secondary N) is 1. The number of aromatic nitrogens is 1. The number of thioether (sulfide) groups is 1. The van der Waals surface area contributed by atoms with Gasteiger partial charge in [-0.3, -0.25) is 14.9 Å². The molecular formula is C14H15N3O3S2. The van der Waals surface area contributed by atoms with Gasteiger partial charge in [-0.2, -0.15) is 0 Å². The Bertz CT molecular complexity index is 647. The van der Waals surface area contributed by atoms with Crippen molar-refractivity contribution in [3.8, 4) is 0 Å². The molecule has 2 aromatic heterocycles. The first-order chi connectivity index (χ1) is 10.6. The highest BCUT2D eigenvalue weighted by molar-refractivity contribution is 8.00. The van der Waals surface area contributed by atoms with Crippen molar-refractivity contribution >= 4 is 34.7 Å². The highest BCUT2D eigenvalue weighted by Crippen LogP contribution is 2.29. The van der Waals surface area contributed by atoms with Crippen molar-refractivity contribution < 1.29 is 9.72 Å². The molecule has 0 aliphatic carbocycles. The predicted molar refractivity (Wildman–Crippen MR) is 87.2 cm³/mol. The molecule has 0 bridgehead atoms. The van der Waals surface area contributed by atoms with Gasteiger partial charge in [0.05, 0.1) is 10.2 Å². The summed E-state index contributed by atoms with van der Waals surface area (Å²) in [5, 5.41) is 15.6. The van der Waals surface area contributed by atoms with Gasteiger partial charge in [-0.15, -0.1) is 11.3 Å². The Labute approximate surface area is 136 Å². The number of nitrogens with zero attached hydrogens (tertiary/aromatic N) is 2. The minimum Gasteiger partial charge on any atom is -0.355 e. The van der Waals surface area contributed by atoms with E-state index in [4.69, 9.17) is 0 Å². The maximum Gasteiger partial charge on any atom is 0.301 e. The fraction of sp³-hybridized carbons (Fsp3) is 0.286. The number of hydrogen-bond donors (Lipinski definition) is 1. The first-order valence-corrected chi connectivity index (χ1v) is 8.40. The van der Waals surface area contributed by atoms with Crippen LogP contribution in [0.1, 0.15) is 11.8 Å². The van der Waals surface area contributed by atoms with Crippen molar-refractivity contribution in [3.05, 3.63) is 50.8 Å². The second-order valence-corrected chi connectivity index (χ2v) is 6.83. The standard InChI is InChI=1S/C14H15N3O3S2/c1-10(13(18)15-8-6-11-4-3-9-21-11)22-14-12(17(19)20)5-2-7-16-14/h2-5,7,9-10H,6,8H2,1H3,(H,15,18). The van der Waals surface area contributed by atoms with Gasteiger partial charge in [0.15, 0.2) is 5.03 Å². The largest absolute Gasteiger partial charge is 0.355 e. The second kappa shape index (κ2) is 7.90. The number of pyridine rings is 1. The minimum absolute atomic E-state index is 0.0780. The van der Waals surface area contributed by atoms with E-state index in [1.54, 1.807) is 18.3 Å². The van der Waals surface area contributed by atoms with Gasteiger partial charge in [0, 0.05) is 23.7 Å². The third-order valence-electron chi connectivity index (χ3n) is 2.86. The highest BCUT2D eigenvalue weighted by Gasteiger charge is 2.21. The van der Waals surface area contributed by atoms with E-state index in [2.05, 4.69) is 10.3 Å². The SMILES string of the molecule is CC(Sc1ncccc1[N+](=O)[O-])C(=O)NCCc1cccs1. The van der Waals surface area contributed by atoms with Crippen molar-refractivity contribution in [1.29, 1.82) is 0 Å². The first-order valence-electron chi connectivity index (χ1n) is 6.64. The summed E-state index contributed by atoms with van der Waals surface area (Å²) in [6.45, 7) is 2.26. The number of carbonyl (C=O) groups excluding carboxylic acids is 1. The molecule has 1 amide bonds. The van der Waals surface area contributed by atoms with Crippen molar-refractivity contribution in [2.45, 2.75) is 23.6 Å². The molecule has 22 heavy (non-hydrogen) atoms. The molecule has 2 aromatic rings. The van der Waals surface area contributed by atoms with Gasteiger partial charge in [-0.1, -0.05) is 17.8 Å². The summed E-state index contributed by atoms with van der Waals surface area (Å²) in [5.74, 6) is -0.151. The maximum atomic E-state index is 12.0. The van der Waals surface area contributed by atoms with Crippen molar-refractivity contribution in [3.63, 3.8) is 0 Å². The van der Waals surface area contributed by atoms with Gasteiger partial charge in [-0.05, 0) is 30.9 Å². The predicted octanol–water partition coefficient (Wildman–Crippen LogP) is 2.89. The number of rotatable bonds is 7. The molecule has 2 heterocycles. The van der Waals surface area contributed by atoms with Crippen LogP contribution in [0.25, 0.3) is 0 Å². The minimum atomic E-state index is -0.489. The summed E-state index contributed by atoms with van der Waals surface area (Å²) in [6.07, 6.45) is 2.27. The molecule has 116 valence electrons. The lowest BCUT2D eigenvalue weighted by Crippen LogP contribution is -2.32. The van der Waals surface area contributed by atoms with Gasteiger partial charge in [0.2, 0.25) is 5.91 Å². The number of nitro groups is 1. The monoisotopic (exact) mass is 337 g/mol. The summed E-state index contributed by atoms with van der Waals surface area (Å²) in [6, 6.07) is 6.89. The smallest absolute Gasteiger partial charge is 0.301 e. The lowest BCUT2D eigenvalue weighted by Gasteiger charge is -2.11. The normalized spacial score (nSPS) is 11.9. The van der Waals surface area contributed by atoms with Crippen LogP contribution in [0.5, 0.6) is 0 Å². The van der Waals surface area contributed by atoms with Crippen LogP contribution in [0.15, 0.2) is 40.9 Å². The van der Waals surface area contributed by atoms with Crippen LogP contribution in [0.2, 0.25) is 0 Å². The molecule has 1 atom stereocenters. The third kappa shape index (κ3) is 4.54. The van der Waals surface area contributed by atoms with E-state index in [1.807, 2.05) is 17.5 Å². The number of thiophene rings is 1. The highest BCUT2D eigenvalue weighted by atomic mass is 32.2. The Morgan fingerprint density at radius 1 is 1.50 bits per heavy atom. The van der Waals surface area contributed by atoms with Gasteiger partial charge in [0.1, 0.15) is 0 Å². The molecule has 0 aliphatic heterocycles. The molecule has 0 spiro atoms. The Morgan fingerprint density at radius 3 is 3.00 bits per heavy atom. The summed E-state index contributed by atoms with van der Waals surface area (Å²) in [4.78, 5) is 27.7. The van der Waals surface area contributed by atoms with Crippen LogP contribution in [-0.2, 0) is 11.2 Å². The summed E-state index contributed by atoms with van der Waals surface area (Å²) in [7, 11) is 0. The fourth-order valence-corrected chi connectivity index (χ4v) is 3.36. The second-order valence-electron chi connectivity index (χ2n) is 4.47. The van der Waals surface area contributed by atoms with E-state index in [-0.39, 0.29) is 16.6 Å². The Kier molecular flexibility index (Phi) is 5.91. The van der Waals surface area contributed by atoms with Crippen LogP contribution >= 0.6 is 23.1 Å². The zero-order valence-electron chi connectivity index (χ0n) is 11.9. The zero-order chi connectivity index (χ0) is 15.9. The molecule has 1 N–H and O–H groups in total. The quantitative estimate of drug-likeness (QED) is 0.477. The topological polar surface area (TPSA) is 85.1 Å². The average Bonchev–Trinajstić information content (AvgIpc) is 3.00. The number of amides is 1. The van der Waals surface area contributed by atoms with E-state index < -0.39 is 10.2 Å². The van der Waals surface area contributed by atoms with Gasteiger partial charge >= 0.3 is 5.69 Å². The lowest BCUT2D eigenvalue weighted by molar-refractivity contribution is -0.388. The Morgan fingerprint density at radius 2 is 2.32 bits per heavy atom. The molecule has 8 heteroatoms. The van der Waals surface area contributed by atoms with E-state index in [9.17, 15) is 14.9 Å². The molecule has 0 radical (unpaired) electrons. The molecule has 0 fully saturated rings.